The van der Waals surface area contributed by atoms with Gasteiger partial charge in [-0.15, -0.1) is 0 Å². The number of nitrogen functional groups attached to an aromatic ring is 1. The van der Waals surface area contributed by atoms with E-state index < -0.39 is 0 Å². The summed E-state index contributed by atoms with van der Waals surface area (Å²) in [5, 5.41) is 0. The smallest absolute Gasteiger partial charge is 0.151 e. The highest BCUT2D eigenvalue weighted by Crippen LogP contribution is 2.26. The van der Waals surface area contributed by atoms with E-state index in [2.05, 4.69) is 19.5 Å². The molecule has 0 aliphatic carbocycles. The lowest BCUT2D eigenvalue weighted by molar-refractivity contribution is 0.105. The number of fused-ring (bicyclic) bond motifs is 1. The summed E-state index contributed by atoms with van der Waals surface area (Å²) in [7, 11) is 0. The van der Waals surface area contributed by atoms with E-state index in [-0.39, 0.29) is 0 Å². The molecule has 7 nitrogen and oxygen atoms in total. The molecule has 0 spiro atoms. The maximum Gasteiger partial charge on any atom is 0.151 e. The molecule has 3 heterocycles. The monoisotopic (exact) mass is 355 g/mol. The van der Waals surface area contributed by atoms with Crippen molar-refractivity contribution in [1.82, 2.24) is 19.5 Å². The van der Waals surface area contributed by atoms with Crippen LogP contribution in [0.4, 0.5) is 5.82 Å². The van der Waals surface area contributed by atoms with Gasteiger partial charge in [-0.3, -0.25) is 4.98 Å². The Balaban J connectivity index is 1.82. The number of nitrogens with zero attached hydrogens (tertiary/aromatic N) is 4. The van der Waals surface area contributed by atoms with E-state index in [0.717, 1.165) is 33.7 Å². The number of pyridine rings is 2. The van der Waals surface area contributed by atoms with Crippen molar-refractivity contribution < 1.29 is 9.47 Å². The van der Waals surface area contributed by atoms with Crippen LogP contribution in [0.25, 0.3) is 11.0 Å². The molecule has 138 valence electrons. The molecule has 7 heteroatoms. The van der Waals surface area contributed by atoms with Gasteiger partial charge in [-0.25, -0.2) is 9.97 Å². The molecule has 0 amide bonds. The van der Waals surface area contributed by atoms with Crippen molar-refractivity contribution in [3.63, 3.8) is 0 Å². The molecule has 0 aliphatic heterocycles. The van der Waals surface area contributed by atoms with Gasteiger partial charge in [0.25, 0.3) is 0 Å². The molecule has 0 radical (unpaired) electrons. The third kappa shape index (κ3) is 3.84. The van der Waals surface area contributed by atoms with Crippen LogP contribution in [0.5, 0.6) is 0 Å². The number of imidazole rings is 1. The van der Waals surface area contributed by atoms with E-state index in [0.29, 0.717) is 38.8 Å². The highest BCUT2D eigenvalue weighted by molar-refractivity contribution is 5.88. The molecule has 2 N–H and O–H groups in total. The lowest BCUT2D eigenvalue weighted by atomic mass is 10.2. The van der Waals surface area contributed by atoms with Gasteiger partial charge in [0.05, 0.1) is 18.7 Å². The highest BCUT2D eigenvalue weighted by atomic mass is 16.5. The number of rotatable bonds is 8. The predicted molar refractivity (Wildman–Crippen MR) is 101 cm³/mol. The molecule has 0 aromatic carbocycles. The second kappa shape index (κ2) is 8.25. The minimum atomic E-state index is 0.438. The van der Waals surface area contributed by atoms with Gasteiger partial charge in [-0.05, 0) is 44.0 Å². The summed E-state index contributed by atoms with van der Waals surface area (Å²) in [5.41, 5.74) is 10.9. The second-order valence-corrected chi connectivity index (χ2v) is 6.13. The molecule has 3 aromatic heterocycles. The molecule has 0 atom stereocenters. The van der Waals surface area contributed by atoms with Crippen molar-refractivity contribution in [3.8, 4) is 0 Å². The second-order valence-electron chi connectivity index (χ2n) is 6.13. The average Bonchev–Trinajstić information content (AvgIpc) is 3.01. The van der Waals surface area contributed by atoms with E-state index >= 15 is 0 Å². The first kappa shape index (κ1) is 18.3. The Kier molecular flexibility index (Phi) is 5.80. The third-order valence-electron chi connectivity index (χ3n) is 4.39. The van der Waals surface area contributed by atoms with Crippen LogP contribution < -0.4 is 5.73 Å². The van der Waals surface area contributed by atoms with Crippen LogP contribution in [0, 0.1) is 13.8 Å². The van der Waals surface area contributed by atoms with Gasteiger partial charge in [-0.1, -0.05) is 0 Å². The Bertz CT molecular complexity index is 877. The number of nitrogens with two attached hydrogens (primary N) is 1. The summed E-state index contributed by atoms with van der Waals surface area (Å²) in [6.07, 6.45) is 3.54. The van der Waals surface area contributed by atoms with Crippen LogP contribution >= 0.6 is 0 Å². The highest BCUT2D eigenvalue weighted by Gasteiger charge is 2.17. The van der Waals surface area contributed by atoms with Gasteiger partial charge < -0.3 is 19.8 Å². The Hall–Kier alpha value is -2.51. The number of ether oxygens (including phenoxy) is 2. The van der Waals surface area contributed by atoms with Crippen LogP contribution in [-0.4, -0.2) is 32.7 Å². The summed E-state index contributed by atoms with van der Waals surface area (Å²) >= 11 is 0. The summed E-state index contributed by atoms with van der Waals surface area (Å²) in [4.78, 5) is 13.1. The fourth-order valence-corrected chi connectivity index (χ4v) is 2.92. The molecule has 0 fully saturated rings. The molecule has 0 unspecified atom stereocenters. The zero-order valence-electron chi connectivity index (χ0n) is 15.5. The van der Waals surface area contributed by atoms with E-state index in [1.165, 1.54) is 0 Å². The molecule has 3 rings (SSSR count). The fraction of sp³-hybridized carbons (Fsp3) is 0.421. The summed E-state index contributed by atoms with van der Waals surface area (Å²) in [5.74, 6) is 1.30. The number of aryl methyl sites for hydroxylation is 2. The predicted octanol–water partition coefficient (Wildman–Crippen LogP) is 2.78. The number of anilines is 1. The topological polar surface area (TPSA) is 88.1 Å². The van der Waals surface area contributed by atoms with Crippen LogP contribution in [0.1, 0.15) is 29.6 Å². The van der Waals surface area contributed by atoms with Gasteiger partial charge in [0.2, 0.25) is 0 Å². The van der Waals surface area contributed by atoms with Gasteiger partial charge in [0.15, 0.2) is 5.82 Å². The van der Waals surface area contributed by atoms with Gasteiger partial charge in [0.1, 0.15) is 17.9 Å². The maximum absolute atomic E-state index is 6.10. The first-order chi connectivity index (χ1) is 12.6. The van der Waals surface area contributed by atoms with Crippen molar-refractivity contribution >= 4 is 16.9 Å². The van der Waals surface area contributed by atoms with Crippen molar-refractivity contribution in [1.29, 1.82) is 0 Å². The minimum absolute atomic E-state index is 0.438. The fourth-order valence-electron chi connectivity index (χ4n) is 2.92. The molecule has 0 saturated carbocycles. The molecule has 0 saturated heterocycles. The molecule has 26 heavy (non-hydrogen) atoms. The first-order valence-corrected chi connectivity index (χ1v) is 8.78. The quantitative estimate of drug-likeness (QED) is 0.625. The average molecular weight is 355 g/mol. The number of aromatic nitrogens is 4. The third-order valence-corrected chi connectivity index (χ3v) is 4.39. The van der Waals surface area contributed by atoms with E-state index in [4.69, 9.17) is 15.2 Å². The van der Waals surface area contributed by atoms with Crippen molar-refractivity contribution in [2.45, 2.75) is 40.5 Å². The van der Waals surface area contributed by atoms with Gasteiger partial charge in [0, 0.05) is 31.2 Å². The van der Waals surface area contributed by atoms with Crippen molar-refractivity contribution in [2.24, 2.45) is 0 Å². The van der Waals surface area contributed by atoms with E-state index in [9.17, 15) is 0 Å². The Morgan fingerprint density at radius 1 is 1.08 bits per heavy atom. The van der Waals surface area contributed by atoms with Gasteiger partial charge >= 0.3 is 0 Å². The Labute approximate surface area is 153 Å². The summed E-state index contributed by atoms with van der Waals surface area (Å²) in [6.45, 7) is 8.84. The lowest BCUT2D eigenvalue weighted by Crippen LogP contribution is -2.11. The summed E-state index contributed by atoms with van der Waals surface area (Å²) < 4.78 is 13.6. The standard InChI is InChI=1S/C19H25N5O2/c1-4-25-12-16-23-17-18(13(2)14(3)22-19(17)20)24(16)9-10-26-11-15-5-7-21-8-6-15/h5-8H,4,9-12H2,1-3H3,(H2,20,22). The van der Waals surface area contributed by atoms with Crippen LogP contribution in [0.3, 0.4) is 0 Å². The minimum Gasteiger partial charge on any atom is -0.382 e. The molecular formula is C19H25N5O2. The Morgan fingerprint density at radius 2 is 1.85 bits per heavy atom. The largest absolute Gasteiger partial charge is 0.382 e. The molecule has 3 aromatic rings. The summed E-state index contributed by atoms with van der Waals surface area (Å²) in [6, 6.07) is 3.90. The van der Waals surface area contributed by atoms with Crippen molar-refractivity contribution in [2.75, 3.05) is 18.9 Å². The van der Waals surface area contributed by atoms with E-state index in [1.54, 1.807) is 12.4 Å². The van der Waals surface area contributed by atoms with E-state index in [1.807, 2.05) is 32.9 Å². The normalized spacial score (nSPS) is 11.3. The van der Waals surface area contributed by atoms with Gasteiger partial charge in [-0.2, -0.15) is 0 Å². The van der Waals surface area contributed by atoms with Crippen LogP contribution in [-0.2, 0) is 29.2 Å². The van der Waals surface area contributed by atoms with Crippen LogP contribution in [0.15, 0.2) is 24.5 Å². The number of hydrogen-bond donors (Lipinski definition) is 1. The SMILES string of the molecule is CCOCc1nc2c(N)nc(C)c(C)c2n1CCOCc1ccncc1. The zero-order chi connectivity index (χ0) is 18.5. The maximum atomic E-state index is 6.10. The van der Waals surface area contributed by atoms with Crippen molar-refractivity contribution in [3.05, 3.63) is 47.2 Å². The number of hydrogen-bond acceptors (Lipinski definition) is 6. The Morgan fingerprint density at radius 3 is 2.58 bits per heavy atom. The molecular weight excluding hydrogens is 330 g/mol. The molecule has 0 aliphatic rings. The lowest BCUT2D eigenvalue weighted by Gasteiger charge is -2.12. The first-order valence-electron chi connectivity index (χ1n) is 8.78. The zero-order valence-corrected chi connectivity index (χ0v) is 15.5. The molecule has 0 bridgehead atoms. The van der Waals surface area contributed by atoms with Crippen LogP contribution in [0.2, 0.25) is 0 Å².